The summed E-state index contributed by atoms with van der Waals surface area (Å²) in [4.78, 5) is 15.6. The molecule has 1 aromatic rings. The lowest BCUT2D eigenvalue weighted by atomic mass is 9.81. The molecule has 0 spiro atoms. The lowest BCUT2D eigenvalue weighted by Crippen LogP contribution is -2.33. The van der Waals surface area contributed by atoms with Crippen molar-refractivity contribution in [1.82, 2.24) is 0 Å². The van der Waals surface area contributed by atoms with Crippen molar-refractivity contribution in [2.75, 3.05) is 19.7 Å². The molecule has 0 bridgehead atoms. The van der Waals surface area contributed by atoms with Crippen LogP contribution in [0.5, 0.6) is 5.75 Å². The van der Waals surface area contributed by atoms with Gasteiger partial charge in [-0.2, -0.15) is 0 Å². The van der Waals surface area contributed by atoms with Crippen LogP contribution in [0.4, 0.5) is 0 Å². The number of hydrogen-bond donors (Lipinski definition) is 4. The van der Waals surface area contributed by atoms with E-state index in [1.54, 1.807) is 24.3 Å². The summed E-state index contributed by atoms with van der Waals surface area (Å²) in [6.07, 6.45) is 0. The fraction of sp³-hybridized carbons (Fsp3) is 0.529. The Morgan fingerprint density at radius 3 is 2.17 bits per heavy atom. The third kappa shape index (κ3) is 5.82. The zero-order chi connectivity index (χ0) is 18.3. The average molecular weight is 336 g/mol. The molecular weight excluding hydrogens is 308 g/mol. The Hall–Kier alpha value is -2.12. The van der Waals surface area contributed by atoms with Gasteiger partial charge in [-0.15, -0.1) is 0 Å². The topological polar surface area (TPSA) is 137 Å². The Labute approximate surface area is 142 Å². The van der Waals surface area contributed by atoms with Crippen molar-refractivity contribution in [1.29, 1.82) is 0 Å². The minimum Gasteiger partial charge on any atom is -0.493 e. The second-order valence-corrected chi connectivity index (χ2v) is 6.73. The minimum absolute atomic E-state index is 0.101. The first-order valence-electron chi connectivity index (χ1n) is 7.88. The first-order chi connectivity index (χ1) is 11.2. The van der Waals surface area contributed by atoms with Gasteiger partial charge in [-0.05, 0) is 29.7 Å². The van der Waals surface area contributed by atoms with Gasteiger partial charge in [-0.25, -0.2) is 0 Å². The molecule has 0 saturated heterocycles. The van der Waals surface area contributed by atoms with Gasteiger partial charge in [-0.3, -0.25) is 9.79 Å². The van der Waals surface area contributed by atoms with Crippen molar-refractivity contribution < 1.29 is 14.6 Å². The summed E-state index contributed by atoms with van der Waals surface area (Å²) in [5.74, 6) is -0.527. The molecular formula is C17H28N4O3. The molecule has 0 amide bonds. The summed E-state index contributed by atoms with van der Waals surface area (Å²) in [7, 11) is 0. The molecule has 0 fully saturated rings. The summed E-state index contributed by atoms with van der Waals surface area (Å²) in [6.45, 7) is 6.40. The highest BCUT2D eigenvalue weighted by Gasteiger charge is 2.31. The van der Waals surface area contributed by atoms with E-state index in [1.807, 2.05) is 20.8 Å². The molecule has 0 unspecified atom stereocenters. The SMILES string of the molecule is CC(C)(C)[C@@H](COc1ccc(C(N)=NC(CN)CN)cc1)C(=O)O. The maximum absolute atomic E-state index is 11.3. The fourth-order valence-corrected chi connectivity index (χ4v) is 2.07. The Bertz CT molecular complexity index is 560. The van der Waals surface area contributed by atoms with E-state index in [1.165, 1.54) is 0 Å². The van der Waals surface area contributed by atoms with Crippen LogP contribution < -0.4 is 21.9 Å². The van der Waals surface area contributed by atoms with Gasteiger partial charge in [-0.1, -0.05) is 20.8 Å². The Morgan fingerprint density at radius 2 is 1.75 bits per heavy atom. The molecule has 0 saturated carbocycles. The standard InChI is InChI=1S/C17H28N4O3/c1-17(2,3)14(16(22)23)10-24-13-6-4-11(5-7-13)15(20)21-12(8-18)9-19/h4-7,12,14H,8-10,18-19H2,1-3H3,(H2,20,21)(H,22,23)/t14-/m0/s1. The van der Waals surface area contributed by atoms with E-state index in [-0.39, 0.29) is 18.1 Å². The monoisotopic (exact) mass is 336 g/mol. The molecule has 1 aromatic carbocycles. The van der Waals surface area contributed by atoms with E-state index in [9.17, 15) is 9.90 Å². The summed E-state index contributed by atoms with van der Waals surface area (Å²) >= 11 is 0. The summed E-state index contributed by atoms with van der Waals surface area (Å²) in [5, 5.41) is 9.30. The van der Waals surface area contributed by atoms with Gasteiger partial charge < -0.3 is 27.0 Å². The second kappa shape index (κ2) is 8.65. The number of rotatable bonds is 8. The number of nitrogens with two attached hydrogens (primary N) is 3. The van der Waals surface area contributed by atoms with E-state index < -0.39 is 11.9 Å². The van der Waals surface area contributed by atoms with Crippen LogP contribution in [0, 0.1) is 11.3 Å². The van der Waals surface area contributed by atoms with Gasteiger partial charge in [0.25, 0.3) is 0 Å². The summed E-state index contributed by atoms with van der Waals surface area (Å²) < 4.78 is 5.61. The Morgan fingerprint density at radius 1 is 1.21 bits per heavy atom. The molecule has 134 valence electrons. The van der Waals surface area contributed by atoms with Crippen LogP contribution in [0.2, 0.25) is 0 Å². The van der Waals surface area contributed by atoms with Gasteiger partial charge in [0, 0.05) is 18.7 Å². The molecule has 0 aromatic heterocycles. The highest BCUT2D eigenvalue weighted by Crippen LogP contribution is 2.27. The first kappa shape index (κ1) is 19.9. The zero-order valence-corrected chi connectivity index (χ0v) is 14.5. The fourth-order valence-electron chi connectivity index (χ4n) is 2.07. The van der Waals surface area contributed by atoms with Gasteiger partial charge in [0.1, 0.15) is 18.2 Å². The van der Waals surface area contributed by atoms with E-state index in [0.717, 1.165) is 5.56 Å². The third-order valence-electron chi connectivity index (χ3n) is 3.78. The van der Waals surface area contributed by atoms with Crippen LogP contribution in [-0.4, -0.2) is 42.6 Å². The summed E-state index contributed by atoms with van der Waals surface area (Å²) in [6, 6.07) is 6.80. The van der Waals surface area contributed by atoms with Crippen LogP contribution in [0.15, 0.2) is 29.3 Å². The number of benzene rings is 1. The maximum atomic E-state index is 11.3. The maximum Gasteiger partial charge on any atom is 0.310 e. The number of ether oxygens (including phenoxy) is 1. The van der Waals surface area contributed by atoms with E-state index in [2.05, 4.69) is 4.99 Å². The Balaban J connectivity index is 2.76. The number of carbonyl (C=O) groups is 1. The third-order valence-corrected chi connectivity index (χ3v) is 3.78. The predicted octanol–water partition coefficient (Wildman–Crippen LogP) is 0.804. The molecule has 1 atom stereocenters. The lowest BCUT2D eigenvalue weighted by molar-refractivity contribution is -0.146. The molecule has 0 aliphatic carbocycles. The smallest absolute Gasteiger partial charge is 0.310 e. The van der Waals surface area contributed by atoms with E-state index in [0.29, 0.717) is 24.7 Å². The van der Waals surface area contributed by atoms with Gasteiger partial charge >= 0.3 is 5.97 Å². The molecule has 0 aliphatic heterocycles. The van der Waals surface area contributed by atoms with Crippen molar-refractivity contribution in [2.45, 2.75) is 26.8 Å². The Kier molecular flexibility index (Phi) is 7.18. The van der Waals surface area contributed by atoms with Gasteiger partial charge in [0.2, 0.25) is 0 Å². The molecule has 24 heavy (non-hydrogen) atoms. The van der Waals surface area contributed by atoms with Crippen LogP contribution in [-0.2, 0) is 4.79 Å². The molecule has 0 radical (unpaired) electrons. The second-order valence-electron chi connectivity index (χ2n) is 6.73. The first-order valence-corrected chi connectivity index (χ1v) is 7.88. The number of carboxylic acid groups (broad SMARTS) is 1. The number of hydrogen-bond acceptors (Lipinski definition) is 5. The van der Waals surface area contributed by atoms with Gasteiger partial charge in [0.15, 0.2) is 0 Å². The van der Waals surface area contributed by atoms with Crippen molar-refractivity contribution in [3.05, 3.63) is 29.8 Å². The predicted molar refractivity (Wildman–Crippen MR) is 95.1 cm³/mol. The van der Waals surface area contributed by atoms with Crippen molar-refractivity contribution in [3.8, 4) is 5.75 Å². The lowest BCUT2D eigenvalue weighted by Gasteiger charge is -2.26. The number of amidine groups is 1. The average Bonchev–Trinajstić information content (AvgIpc) is 2.51. The number of aliphatic imine (C=N–C) groups is 1. The molecule has 0 heterocycles. The van der Waals surface area contributed by atoms with Crippen LogP contribution in [0.3, 0.4) is 0 Å². The van der Waals surface area contributed by atoms with Gasteiger partial charge in [0.05, 0.1) is 12.0 Å². The van der Waals surface area contributed by atoms with E-state index >= 15 is 0 Å². The van der Waals surface area contributed by atoms with Crippen molar-refractivity contribution in [3.63, 3.8) is 0 Å². The van der Waals surface area contributed by atoms with E-state index in [4.69, 9.17) is 21.9 Å². The largest absolute Gasteiger partial charge is 0.493 e. The van der Waals surface area contributed by atoms with Crippen molar-refractivity contribution >= 4 is 11.8 Å². The zero-order valence-electron chi connectivity index (χ0n) is 14.5. The number of carboxylic acids is 1. The highest BCUT2D eigenvalue weighted by atomic mass is 16.5. The number of nitrogens with zero attached hydrogens (tertiary/aromatic N) is 1. The molecule has 1 rings (SSSR count). The molecule has 0 aliphatic rings. The van der Waals surface area contributed by atoms with Crippen molar-refractivity contribution in [2.24, 2.45) is 33.5 Å². The normalized spacial score (nSPS) is 13.8. The molecule has 7 heteroatoms. The van der Waals surface area contributed by atoms with Crippen LogP contribution >= 0.6 is 0 Å². The minimum atomic E-state index is -0.870. The highest BCUT2D eigenvalue weighted by molar-refractivity contribution is 5.97. The molecule has 7 N–H and O–H groups in total. The quantitative estimate of drug-likeness (QED) is 0.409. The number of aliphatic carboxylic acids is 1. The summed E-state index contributed by atoms with van der Waals surface area (Å²) in [5.41, 5.74) is 17.4. The van der Waals surface area contributed by atoms with Crippen LogP contribution in [0.25, 0.3) is 0 Å². The molecule has 7 nitrogen and oxygen atoms in total. The van der Waals surface area contributed by atoms with Crippen LogP contribution in [0.1, 0.15) is 26.3 Å².